The fourth-order valence-electron chi connectivity index (χ4n) is 3.00. The monoisotopic (exact) mass is 308 g/mol. The molecule has 0 spiro atoms. The summed E-state index contributed by atoms with van der Waals surface area (Å²) in [6.45, 7) is 4.69. The number of carbonyl (C=O) groups excluding carboxylic acids is 1. The Balaban J connectivity index is 2.09. The minimum atomic E-state index is 0.150. The first-order valence-corrected chi connectivity index (χ1v) is 7.31. The second-order valence-electron chi connectivity index (χ2n) is 5.05. The molecule has 0 aromatic heterocycles. The minimum absolute atomic E-state index is 0.150. The van der Waals surface area contributed by atoms with Gasteiger partial charge in [0.25, 0.3) is 0 Å². The van der Waals surface area contributed by atoms with E-state index in [0.717, 1.165) is 36.2 Å². The van der Waals surface area contributed by atoms with Crippen LogP contribution in [0, 0.1) is 0 Å². The van der Waals surface area contributed by atoms with E-state index in [1.54, 1.807) is 6.92 Å². The molecule has 2 aliphatic heterocycles. The summed E-state index contributed by atoms with van der Waals surface area (Å²) >= 11 is 3.59. The molecule has 1 fully saturated rings. The smallest absolute Gasteiger partial charge is 0.223 e. The molecule has 0 N–H and O–H groups in total. The van der Waals surface area contributed by atoms with Gasteiger partial charge in [0.05, 0.1) is 11.4 Å². The summed E-state index contributed by atoms with van der Waals surface area (Å²) < 4.78 is 1.12. The molecule has 96 valence electrons. The Morgan fingerprint density at radius 2 is 1.94 bits per heavy atom. The van der Waals surface area contributed by atoms with E-state index in [-0.39, 0.29) is 5.91 Å². The number of anilines is 2. The normalized spacial score (nSPS) is 18.3. The van der Waals surface area contributed by atoms with E-state index in [0.29, 0.717) is 0 Å². The summed E-state index contributed by atoms with van der Waals surface area (Å²) in [6, 6.07) is 4.31. The second kappa shape index (κ2) is 4.57. The van der Waals surface area contributed by atoms with Crippen LogP contribution in [-0.4, -0.2) is 25.5 Å². The van der Waals surface area contributed by atoms with Crippen LogP contribution in [0.25, 0.3) is 0 Å². The Morgan fingerprint density at radius 3 is 2.61 bits per heavy atom. The van der Waals surface area contributed by atoms with Crippen molar-refractivity contribution >= 4 is 33.2 Å². The Bertz CT molecular complexity index is 495. The maximum Gasteiger partial charge on any atom is 0.223 e. The molecule has 4 heteroatoms. The van der Waals surface area contributed by atoms with Crippen molar-refractivity contribution in [3.8, 4) is 0 Å². The quantitative estimate of drug-likeness (QED) is 0.796. The minimum Gasteiger partial charge on any atom is -0.370 e. The molecule has 0 atom stereocenters. The van der Waals surface area contributed by atoms with Gasteiger partial charge in [-0.1, -0.05) is 15.9 Å². The van der Waals surface area contributed by atoms with Crippen LogP contribution < -0.4 is 9.80 Å². The Kier molecular flexibility index (Phi) is 3.06. The Morgan fingerprint density at radius 1 is 1.22 bits per heavy atom. The fraction of sp³-hybridized carbons (Fsp3) is 0.500. The summed E-state index contributed by atoms with van der Waals surface area (Å²) in [5.41, 5.74) is 3.67. The standard InChI is InChI=1S/C14H17BrN2O/c1-10(18)17-7-4-11-8-12(15)9-13(14(11)17)16-5-2-3-6-16/h8-9H,2-7H2,1H3. The van der Waals surface area contributed by atoms with E-state index in [9.17, 15) is 4.79 Å². The van der Waals surface area contributed by atoms with Crippen molar-refractivity contribution in [3.05, 3.63) is 22.2 Å². The fourth-order valence-corrected chi connectivity index (χ4v) is 3.49. The Hall–Kier alpha value is -1.03. The van der Waals surface area contributed by atoms with Gasteiger partial charge in [0, 0.05) is 31.0 Å². The highest BCUT2D eigenvalue weighted by atomic mass is 79.9. The SMILES string of the molecule is CC(=O)N1CCc2cc(Br)cc(N3CCCC3)c21. The van der Waals surface area contributed by atoms with Crippen LogP contribution in [0.1, 0.15) is 25.3 Å². The van der Waals surface area contributed by atoms with Gasteiger partial charge in [0.15, 0.2) is 0 Å². The molecule has 1 saturated heterocycles. The van der Waals surface area contributed by atoms with E-state index >= 15 is 0 Å². The van der Waals surface area contributed by atoms with E-state index in [1.165, 1.54) is 24.1 Å². The van der Waals surface area contributed by atoms with Crippen molar-refractivity contribution in [2.24, 2.45) is 0 Å². The summed E-state index contributed by atoms with van der Waals surface area (Å²) in [5.74, 6) is 0.150. The topological polar surface area (TPSA) is 23.6 Å². The molecule has 3 nitrogen and oxygen atoms in total. The number of hydrogen-bond donors (Lipinski definition) is 0. The van der Waals surface area contributed by atoms with Crippen molar-refractivity contribution in [3.63, 3.8) is 0 Å². The van der Waals surface area contributed by atoms with Crippen LogP contribution >= 0.6 is 15.9 Å². The predicted molar refractivity (Wildman–Crippen MR) is 77.3 cm³/mol. The third kappa shape index (κ3) is 1.92. The molecule has 3 rings (SSSR count). The first-order valence-electron chi connectivity index (χ1n) is 6.52. The summed E-state index contributed by atoms with van der Waals surface area (Å²) in [5, 5.41) is 0. The molecule has 2 heterocycles. The van der Waals surface area contributed by atoms with Gasteiger partial charge in [-0.15, -0.1) is 0 Å². The van der Waals surface area contributed by atoms with E-state index in [2.05, 4.69) is 33.0 Å². The van der Waals surface area contributed by atoms with Crippen LogP contribution in [0.15, 0.2) is 16.6 Å². The zero-order valence-electron chi connectivity index (χ0n) is 10.6. The summed E-state index contributed by atoms with van der Waals surface area (Å²) in [6.07, 6.45) is 3.47. The lowest BCUT2D eigenvalue weighted by Gasteiger charge is -2.25. The largest absolute Gasteiger partial charge is 0.370 e. The highest BCUT2D eigenvalue weighted by Gasteiger charge is 2.28. The molecule has 1 aromatic carbocycles. The lowest BCUT2D eigenvalue weighted by atomic mass is 10.1. The van der Waals surface area contributed by atoms with Crippen molar-refractivity contribution < 1.29 is 4.79 Å². The van der Waals surface area contributed by atoms with Gasteiger partial charge < -0.3 is 9.80 Å². The third-order valence-electron chi connectivity index (χ3n) is 3.84. The average Bonchev–Trinajstić information content (AvgIpc) is 2.96. The number of carbonyl (C=O) groups is 1. The van der Waals surface area contributed by atoms with Crippen molar-refractivity contribution in [1.82, 2.24) is 0 Å². The van der Waals surface area contributed by atoms with Gasteiger partial charge in [0.1, 0.15) is 0 Å². The van der Waals surface area contributed by atoms with Crippen molar-refractivity contribution in [1.29, 1.82) is 0 Å². The van der Waals surface area contributed by atoms with Gasteiger partial charge in [-0.3, -0.25) is 4.79 Å². The lowest BCUT2D eigenvalue weighted by molar-refractivity contribution is -0.116. The Labute approximate surface area is 116 Å². The molecule has 0 aliphatic carbocycles. The number of hydrogen-bond acceptors (Lipinski definition) is 2. The van der Waals surface area contributed by atoms with Crippen molar-refractivity contribution in [2.45, 2.75) is 26.2 Å². The van der Waals surface area contributed by atoms with Crippen LogP contribution in [0.3, 0.4) is 0 Å². The van der Waals surface area contributed by atoms with Gasteiger partial charge in [-0.2, -0.15) is 0 Å². The average molecular weight is 309 g/mol. The number of fused-ring (bicyclic) bond motifs is 1. The van der Waals surface area contributed by atoms with Crippen LogP contribution in [0.2, 0.25) is 0 Å². The highest BCUT2D eigenvalue weighted by Crippen LogP contribution is 2.41. The van der Waals surface area contributed by atoms with Crippen molar-refractivity contribution in [2.75, 3.05) is 29.4 Å². The molecule has 0 bridgehead atoms. The van der Waals surface area contributed by atoms with Gasteiger partial charge in [-0.25, -0.2) is 0 Å². The molecule has 0 radical (unpaired) electrons. The first kappa shape index (κ1) is 12.0. The molecule has 1 aromatic rings. The zero-order valence-corrected chi connectivity index (χ0v) is 12.2. The molecular weight excluding hydrogens is 292 g/mol. The number of halogens is 1. The number of nitrogens with zero attached hydrogens (tertiary/aromatic N) is 2. The molecule has 1 amide bonds. The maximum absolute atomic E-state index is 11.8. The predicted octanol–water partition coefficient (Wildman–Crippen LogP) is 2.96. The van der Waals surface area contributed by atoms with Gasteiger partial charge in [0.2, 0.25) is 5.91 Å². The lowest BCUT2D eigenvalue weighted by Crippen LogP contribution is -2.28. The van der Waals surface area contributed by atoms with E-state index in [1.807, 2.05) is 4.90 Å². The third-order valence-corrected chi connectivity index (χ3v) is 4.29. The maximum atomic E-state index is 11.8. The van der Waals surface area contributed by atoms with Crippen LogP contribution in [-0.2, 0) is 11.2 Å². The molecular formula is C14H17BrN2O. The van der Waals surface area contributed by atoms with E-state index in [4.69, 9.17) is 0 Å². The molecule has 2 aliphatic rings. The van der Waals surface area contributed by atoms with Gasteiger partial charge >= 0.3 is 0 Å². The summed E-state index contributed by atoms with van der Waals surface area (Å²) in [4.78, 5) is 16.1. The molecule has 18 heavy (non-hydrogen) atoms. The number of benzene rings is 1. The summed E-state index contributed by atoms with van der Waals surface area (Å²) in [7, 11) is 0. The van der Waals surface area contributed by atoms with Crippen LogP contribution in [0.5, 0.6) is 0 Å². The second-order valence-corrected chi connectivity index (χ2v) is 5.96. The molecule has 0 saturated carbocycles. The zero-order chi connectivity index (χ0) is 12.7. The number of amides is 1. The highest BCUT2D eigenvalue weighted by molar-refractivity contribution is 9.10. The van der Waals surface area contributed by atoms with Crippen LogP contribution in [0.4, 0.5) is 11.4 Å². The first-order chi connectivity index (χ1) is 8.66. The molecule has 0 unspecified atom stereocenters. The van der Waals surface area contributed by atoms with Gasteiger partial charge in [-0.05, 0) is 37.0 Å². The number of rotatable bonds is 1. The van der Waals surface area contributed by atoms with E-state index < -0.39 is 0 Å².